The zero-order valence-electron chi connectivity index (χ0n) is 12.9. The first-order chi connectivity index (χ1) is 11.1. The number of nitrogens with zero attached hydrogens (tertiary/aromatic N) is 2. The number of aryl methyl sites for hydroxylation is 2. The fourth-order valence-corrected chi connectivity index (χ4v) is 2.74. The van der Waals surface area contributed by atoms with Crippen LogP contribution in [0.15, 0.2) is 41.9 Å². The molecule has 0 aliphatic carbocycles. The summed E-state index contributed by atoms with van der Waals surface area (Å²) in [6.07, 6.45) is 1.68. The van der Waals surface area contributed by atoms with Gasteiger partial charge < -0.3 is 15.2 Å². The van der Waals surface area contributed by atoms with Crippen LogP contribution >= 0.6 is 11.3 Å². The highest BCUT2D eigenvalue weighted by atomic mass is 32.1. The van der Waals surface area contributed by atoms with Crippen molar-refractivity contribution in [2.45, 2.75) is 20.5 Å². The van der Waals surface area contributed by atoms with Gasteiger partial charge in [-0.1, -0.05) is 12.1 Å². The van der Waals surface area contributed by atoms with E-state index in [0.717, 1.165) is 27.7 Å². The highest BCUT2D eigenvalue weighted by Gasteiger charge is 2.06. The molecule has 0 aliphatic rings. The first kappa shape index (κ1) is 15.5. The SMILES string of the molecule is Cc1csc(Nc2cc(Oc3cc(CO)ccc3C)ccn2)n1. The Kier molecular flexibility index (Phi) is 4.55. The molecule has 5 nitrogen and oxygen atoms in total. The molecular formula is C17H17N3O2S. The third-order valence-electron chi connectivity index (χ3n) is 3.25. The van der Waals surface area contributed by atoms with Gasteiger partial charge in [-0.25, -0.2) is 9.97 Å². The number of benzene rings is 1. The molecule has 2 heterocycles. The number of pyridine rings is 1. The van der Waals surface area contributed by atoms with Crippen molar-refractivity contribution in [2.24, 2.45) is 0 Å². The summed E-state index contributed by atoms with van der Waals surface area (Å²) >= 11 is 1.53. The summed E-state index contributed by atoms with van der Waals surface area (Å²) in [4.78, 5) is 8.63. The average Bonchev–Trinajstić information content (AvgIpc) is 2.95. The maximum atomic E-state index is 9.25. The van der Waals surface area contributed by atoms with Crippen LogP contribution in [-0.2, 0) is 6.61 Å². The van der Waals surface area contributed by atoms with E-state index in [-0.39, 0.29) is 6.61 Å². The fraction of sp³-hybridized carbons (Fsp3) is 0.176. The summed E-state index contributed by atoms with van der Waals surface area (Å²) in [6, 6.07) is 9.27. The first-order valence-corrected chi connectivity index (χ1v) is 8.05. The van der Waals surface area contributed by atoms with Gasteiger partial charge in [0.2, 0.25) is 0 Å². The van der Waals surface area contributed by atoms with E-state index in [0.29, 0.717) is 11.6 Å². The predicted octanol–water partition coefficient (Wildman–Crippen LogP) is 4.18. The lowest BCUT2D eigenvalue weighted by Crippen LogP contribution is -1.95. The number of hydrogen-bond donors (Lipinski definition) is 2. The minimum atomic E-state index is -0.0107. The molecule has 23 heavy (non-hydrogen) atoms. The number of ether oxygens (including phenoxy) is 1. The fourth-order valence-electron chi connectivity index (χ4n) is 2.04. The minimum absolute atomic E-state index is 0.0107. The Bertz CT molecular complexity index is 817. The number of rotatable bonds is 5. The topological polar surface area (TPSA) is 67.3 Å². The quantitative estimate of drug-likeness (QED) is 0.736. The standard InChI is InChI=1S/C17H17N3O2S/c1-11-3-4-13(9-21)7-15(11)22-14-5-6-18-16(8-14)20-17-19-12(2)10-23-17/h3-8,10,21H,9H2,1-2H3,(H,18,19,20). The molecule has 3 aromatic rings. The van der Waals surface area contributed by atoms with E-state index in [4.69, 9.17) is 4.74 Å². The highest BCUT2D eigenvalue weighted by molar-refractivity contribution is 7.13. The smallest absolute Gasteiger partial charge is 0.188 e. The number of aliphatic hydroxyl groups is 1. The summed E-state index contributed by atoms with van der Waals surface area (Å²) in [5.41, 5.74) is 2.79. The number of aliphatic hydroxyl groups excluding tert-OH is 1. The zero-order chi connectivity index (χ0) is 16.2. The second-order valence-electron chi connectivity index (χ2n) is 5.16. The molecule has 0 spiro atoms. The summed E-state index contributed by atoms with van der Waals surface area (Å²) < 4.78 is 5.93. The van der Waals surface area contributed by atoms with Crippen LogP contribution in [0.2, 0.25) is 0 Å². The second kappa shape index (κ2) is 6.76. The van der Waals surface area contributed by atoms with Crippen LogP contribution in [0.25, 0.3) is 0 Å². The molecular weight excluding hydrogens is 310 g/mol. The van der Waals surface area contributed by atoms with Gasteiger partial charge in [-0.15, -0.1) is 11.3 Å². The van der Waals surface area contributed by atoms with Gasteiger partial charge in [0.15, 0.2) is 5.13 Å². The molecule has 2 aromatic heterocycles. The number of thiazole rings is 1. The summed E-state index contributed by atoms with van der Waals surface area (Å²) in [7, 11) is 0. The third kappa shape index (κ3) is 3.85. The molecule has 118 valence electrons. The Balaban J connectivity index is 1.80. The number of anilines is 2. The maximum absolute atomic E-state index is 9.25. The molecule has 1 aromatic carbocycles. The van der Waals surface area contributed by atoms with Gasteiger partial charge in [0, 0.05) is 17.6 Å². The maximum Gasteiger partial charge on any atom is 0.188 e. The van der Waals surface area contributed by atoms with Gasteiger partial charge in [-0.3, -0.25) is 0 Å². The molecule has 0 bridgehead atoms. The van der Waals surface area contributed by atoms with Gasteiger partial charge in [-0.2, -0.15) is 0 Å². The zero-order valence-corrected chi connectivity index (χ0v) is 13.7. The van der Waals surface area contributed by atoms with Crippen molar-refractivity contribution >= 4 is 22.3 Å². The van der Waals surface area contributed by atoms with Gasteiger partial charge >= 0.3 is 0 Å². The Hall–Kier alpha value is -2.44. The van der Waals surface area contributed by atoms with Crippen molar-refractivity contribution in [1.82, 2.24) is 9.97 Å². The first-order valence-electron chi connectivity index (χ1n) is 7.17. The molecule has 0 atom stereocenters. The van der Waals surface area contributed by atoms with Crippen molar-refractivity contribution in [3.05, 3.63) is 58.7 Å². The van der Waals surface area contributed by atoms with Crippen LogP contribution in [0.5, 0.6) is 11.5 Å². The minimum Gasteiger partial charge on any atom is -0.457 e. The van der Waals surface area contributed by atoms with E-state index in [9.17, 15) is 5.11 Å². The van der Waals surface area contributed by atoms with Crippen LogP contribution in [0.1, 0.15) is 16.8 Å². The van der Waals surface area contributed by atoms with Crippen LogP contribution in [-0.4, -0.2) is 15.1 Å². The van der Waals surface area contributed by atoms with Crippen LogP contribution in [0.3, 0.4) is 0 Å². The van der Waals surface area contributed by atoms with Crippen molar-refractivity contribution in [2.75, 3.05) is 5.32 Å². The molecule has 0 saturated carbocycles. The Morgan fingerprint density at radius 2 is 2.09 bits per heavy atom. The second-order valence-corrected chi connectivity index (χ2v) is 6.01. The number of nitrogens with one attached hydrogen (secondary N) is 1. The van der Waals surface area contributed by atoms with Crippen molar-refractivity contribution in [3.8, 4) is 11.5 Å². The summed E-state index contributed by atoms with van der Waals surface area (Å²) in [5.74, 6) is 2.07. The van der Waals surface area contributed by atoms with Crippen molar-refractivity contribution in [3.63, 3.8) is 0 Å². The summed E-state index contributed by atoms with van der Waals surface area (Å²) in [5, 5.41) is 15.2. The van der Waals surface area contributed by atoms with E-state index in [1.54, 1.807) is 12.3 Å². The highest BCUT2D eigenvalue weighted by Crippen LogP contribution is 2.28. The van der Waals surface area contributed by atoms with E-state index in [1.807, 2.05) is 43.5 Å². The van der Waals surface area contributed by atoms with E-state index in [1.165, 1.54) is 11.3 Å². The van der Waals surface area contributed by atoms with Crippen LogP contribution in [0.4, 0.5) is 10.9 Å². The van der Waals surface area contributed by atoms with Crippen LogP contribution < -0.4 is 10.1 Å². The van der Waals surface area contributed by atoms with E-state index >= 15 is 0 Å². The molecule has 2 N–H and O–H groups in total. The lowest BCUT2D eigenvalue weighted by molar-refractivity contribution is 0.281. The Labute approximate surface area is 138 Å². The molecule has 0 saturated heterocycles. The van der Waals surface area contributed by atoms with E-state index < -0.39 is 0 Å². The largest absolute Gasteiger partial charge is 0.457 e. The molecule has 0 radical (unpaired) electrons. The van der Waals surface area contributed by atoms with Crippen molar-refractivity contribution in [1.29, 1.82) is 0 Å². The molecule has 6 heteroatoms. The van der Waals surface area contributed by atoms with Crippen LogP contribution in [0, 0.1) is 13.8 Å². The number of hydrogen-bond acceptors (Lipinski definition) is 6. The molecule has 0 amide bonds. The van der Waals surface area contributed by atoms with Gasteiger partial charge in [0.25, 0.3) is 0 Å². The molecule has 0 fully saturated rings. The predicted molar refractivity (Wildman–Crippen MR) is 91.5 cm³/mol. The van der Waals surface area contributed by atoms with Crippen molar-refractivity contribution < 1.29 is 9.84 Å². The van der Waals surface area contributed by atoms with Gasteiger partial charge in [-0.05, 0) is 37.1 Å². The molecule has 0 aliphatic heterocycles. The Morgan fingerprint density at radius 1 is 1.22 bits per heavy atom. The summed E-state index contributed by atoms with van der Waals surface area (Å²) in [6.45, 7) is 3.91. The monoisotopic (exact) mass is 327 g/mol. The van der Waals surface area contributed by atoms with E-state index in [2.05, 4.69) is 15.3 Å². The Morgan fingerprint density at radius 3 is 2.83 bits per heavy atom. The third-order valence-corrected chi connectivity index (χ3v) is 4.12. The molecule has 3 rings (SSSR count). The lowest BCUT2D eigenvalue weighted by Gasteiger charge is -2.11. The average molecular weight is 327 g/mol. The number of aromatic nitrogens is 2. The lowest BCUT2D eigenvalue weighted by atomic mass is 10.1. The normalized spacial score (nSPS) is 10.6. The molecule has 0 unspecified atom stereocenters. The van der Waals surface area contributed by atoms with Gasteiger partial charge in [0.05, 0.1) is 12.3 Å². The van der Waals surface area contributed by atoms with Gasteiger partial charge in [0.1, 0.15) is 17.3 Å².